The third kappa shape index (κ3) is 4.68. The molecule has 0 spiro atoms. The van der Waals surface area contributed by atoms with Crippen LogP contribution in [0.15, 0.2) is 62.6 Å². The molecular formula is C22H18BrClN2O6S. The predicted octanol–water partition coefficient (Wildman–Crippen LogP) is 4.20. The highest BCUT2D eigenvalue weighted by molar-refractivity contribution is 9.10. The van der Waals surface area contributed by atoms with Gasteiger partial charge in [-0.2, -0.15) is 0 Å². The van der Waals surface area contributed by atoms with Crippen LogP contribution in [0, 0.1) is 0 Å². The highest BCUT2D eigenvalue weighted by Crippen LogP contribution is 2.40. The van der Waals surface area contributed by atoms with Crippen LogP contribution in [-0.2, 0) is 16.2 Å². The first kappa shape index (κ1) is 23.5. The van der Waals surface area contributed by atoms with Crippen molar-refractivity contribution in [3.05, 3.63) is 74.8 Å². The number of amides is 2. The number of rotatable bonds is 7. The van der Waals surface area contributed by atoms with Crippen molar-refractivity contribution in [3.8, 4) is 5.75 Å². The summed E-state index contributed by atoms with van der Waals surface area (Å²) in [5.41, 5.74) is 0.516. The lowest BCUT2D eigenvalue weighted by Crippen LogP contribution is -2.70. The number of benzene rings is 1. The fraction of sp³-hybridized carbons (Fsp3) is 0.227. The van der Waals surface area contributed by atoms with Gasteiger partial charge in [0.25, 0.3) is 11.8 Å². The summed E-state index contributed by atoms with van der Waals surface area (Å²) in [6, 6.07) is 7.44. The molecule has 3 heterocycles. The molecule has 0 saturated carbocycles. The predicted molar refractivity (Wildman–Crippen MR) is 126 cm³/mol. The van der Waals surface area contributed by atoms with Crippen molar-refractivity contribution in [2.75, 3.05) is 5.75 Å². The Balaban J connectivity index is 1.39. The lowest BCUT2D eigenvalue weighted by atomic mass is 10.0. The minimum absolute atomic E-state index is 0.0196. The second kappa shape index (κ2) is 9.66. The van der Waals surface area contributed by atoms with Crippen LogP contribution in [0.3, 0.4) is 0 Å². The second-order valence-corrected chi connectivity index (χ2v) is 9.60. The lowest BCUT2D eigenvalue weighted by molar-refractivity contribution is -0.148. The number of hydrogen-bond acceptors (Lipinski definition) is 6. The SMILES string of the molecule is C/C=C/C1=C(C(=O)O)N2C(=O)[C@@H](NC(=O)c3ccc(COc4ccc(Br)cc4Cl)o3)[C@H]2SC1. The molecule has 33 heavy (non-hydrogen) atoms. The average molecular weight is 554 g/mol. The van der Waals surface area contributed by atoms with E-state index >= 15 is 0 Å². The Morgan fingerprint density at radius 2 is 2.18 bits per heavy atom. The van der Waals surface area contributed by atoms with Gasteiger partial charge in [0, 0.05) is 10.2 Å². The molecule has 2 N–H and O–H groups in total. The van der Waals surface area contributed by atoms with E-state index in [0.29, 0.717) is 27.9 Å². The first-order valence-corrected chi connectivity index (χ1v) is 12.0. The van der Waals surface area contributed by atoms with Gasteiger partial charge >= 0.3 is 5.97 Å². The van der Waals surface area contributed by atoms with Crippen LogP contribution < -0.4 is 10.1 Å². The lowest BCUT2D eigenvalue weighted by Gasteiger charge is -2.49. The van der Waals surface area contributed by atoms with Gasteiger partial charge in [-0.3, -0.25) is 14.5 Å². The molecule has 2 amide bonds. The minimum Gasteiger partial charge on any atom is -0.484 e. The van der Waals surface area contributed by atoms with Crippen molar-refractivity contribution >= 4 is 57.1 Å². The number of carbonyl (C=O) groups is 3. The number of ether oxygens (including phenoxy) is 1. The molecule has 1 saturated heterocycles. The highest BCUT2D eigenvalue weighted by Gasteiger charge is 2.54. The molecule has 2 aromatic rings. The van der Waals surface area contributed by atoms with Crippen LogP contribution in [0.2, 0.25) is 5.02 Å². The van der Waals surface area contributed by atoms with E-state index in [-0.39, 0.29) is 18.1 Å². The maximum absolute atomic E-state index is 12.7. The maximum Gasteiger partial charge on any atom is 0.352 e. The molecule has 4 rings (SSSR count). The first-order chi connectivity index (χ1) is 15.8. The fourth-order valence-corrected chi connectivity index (χ4v) is 5.55. The fourth-order valence-electron chi connectivity index (χ4n) is 3.50. The van der Waals surface area contributed by atoms with E-state index in [1.807, 2.05) is 0 Å². The van der Waals surface area contributed by atoms with Gasteiger partial charge in [0.1, 0.15) is 35.2 Å². The van der Waals surface area contributed by atoms with E-state index in [2.05, 4.69) is 21.2 Å². The van der Waals surface area contributed by atoms with Gasteiger partial charge in [-0.15, -0.1) is 11.8 Å². The van der Waals surface area contributed by atoms with E-state index in [1.165, 1.54) is 22.7 Å². The Kier molecular flexibility index (Phi) is 6.87. The Bertz CT molecular complexity index is 1190. The highest BCUT2D eigenvalue weighted by atomic mass is 79.9. The summed E-state index contributed by atoms with van der Waals surface area (Å²) >= 11 is 10.8. The van der Waals surface area contributed by atoms with Crippen molar-refractivity contribution in [2.24, 2.45) is 0 Å². The topological polar surface area (TPSA) is 109 Å². The number of aliphatic carboxylic acids is 1. The standard InChI is InChI=1S/C22H18BrClN2O6S/c1-2-3-11-10-33-21-17(20(28)26(21)18(11)22(29)30)25-19(27)16-7-5-13(32-16)9-31-15-6-4-12(23)8-14(15)24/h2-8,17,21H,9-10H2,1H3,(H,25,27)(H,29,30)/b3-2+/t17-,21-/m1/s1. The Labute approximate surface area is 206 Å². The maximum atomic E-state index is 12.7. The first-order valence-electron chi connectivity index (χ1n) is 9.81. The molecule has 2 aliphatic rings. The molecule has 172 valence electrons. The van der Waals surface area contributed by atoms with Crippen LogP contribution in [-0.4, -0.2) is 45.0 Å². The minimum atomic E-state index is -1.17. The second-order valence-electron chi connectivity index (χ2n) is 7.17. The zero-order chi connectivity index (χ0) is 23.7. The number of halogens is 2. The van der Waals surface area contributed by atoms with Crippen molar-refractivity contribution in [2.45, 2.75) is 24.9 Å². The third-order valence-electron chi connectivity index (χ3n) is 5.00. The number of carbonyl (C=O) groups excluding carboxylic acids is 2. The molecule has 0 radical (unpaired) electrons. The van der Waals surface area contributed by atoms with Gasteiger partial charge in [-0.1, -0.05) is 39.7 Å². The molecule has 1 aromatic carbocycles. The summed E-state index contributed by atoms with van der Waals surface area (Å²) in [4.78, 5) is 38.2. The summed E-state index contributed by atoms with van der Waals surface area (Å²) < 4.78 is 12.0. The van der Waals surface area contributed by atoms with E-state index < -0.39 is 29.2 Å². The van der Waals surface area contributed by atoms with Gasteiger partial charge < -0.3 is 19.6 Å². The van der Waals surface area contributed by atoms with Crippen molar-refractivity contribution in [1.29, 1.82) is 0 Å². The normalized spacial score (nSPS) is 20.0. The van der Waals surface area contributed by atoms with Crippen molar-refractivity contribution < 1.29 is 28.6 Å². The van der Waals surface area contributed by atoms with E-state index in [0.717, 1.165) is 4.47 Å². The van der Waals surface area contributed by atoms with Crippen LogP contribution in [0.1, 0.15) is 23.2 Å². The van der Waals surface area contributed by atoms with Gasteiger partial charge in [-0.05, 0) is 42.8 Å². The van der Waals surface area contributed by atoms with Crippen molar-refractivity contribution in [3.63, 3.8) is 0 Å². The zero-order valence-corrected chi connectivity index (χ0v) is 20.4. The number of nitrogens with zero attached hydrogens (tertiary/aromatic N) is 1. The molecular weight excluding hydrogens is 536 g/mol. The monoisotopic (exact) mass is 552 g/mol. The molecule has 0 aliphatic carbocycles. The molecule has 1 aromatic heterocycles. The number of thioether (sulfide) groups is 1. The van der Waals surface area contributed by atoms with Crippen LogP contribution in [0.25, 0.3) is 0 Å². The molecule has 8 nitrogen and oxygen atoms in total. The largest absolute Gasteiger partial charge is 0.484 e. The molecule has 2 aliphatic heterocycles. The number of β-lactam (4-membered cyclic amide) rings is 1. The Hall–Kier alpha value is -2.69. The summed E-state index contributed by atoms with van der Waals surface area (Å²) in [5, 5.41) is 12.2. The summed E-state index contributed by atoms with van der Waals surface area (Å²) in [6.07, 6.45) is 3.41. The number of carboxylic acids is 1. The van der Waals surface area contributed by atoms with Crippen molar-refractivity contribution in [1.82, 2.24) is 10.2 Å². The number of allylic oxidation sites excluding steroid dienone is 2. The summed E-state index contributed by atoms with van der Waals surface area (Å²) in [6.45, 7) is 1.84. The number of carboxylic acid groups (broad SMARTS) is 1. The molecule has 0 unspecified atom stereocenters. The molecule has 0 bridgehead atoms. The number of nitrogens with one attached hydrogen (secondary N) is 1. The van der Waals surface area contributed by atoms with Crippen LogP contribution in [0.5, 0.6) is 5.75 Å². The molecule has 11 heteroatoms. The van der Waals surface area contributed by atoms with Crippen LogP contribution >= 0.6 is 39.3 Å². The van der Waals surface area contributed by atoms with E-state index in [1.54, 1.807) is 43.3 Å². The van der Waals surface area contributed by atoms with E-state index in [4.69, 9.17) is 20.8 Å². The third-order valence-corrected chi connectivity index (χ3v) is 7.09. The average Bonchev–Trinajstić information content (AvgIpc) is 3.25. The smallest absolute Gasteiger partial charge is 0.352 e. The number of fused-ring (bicyclic) bond motifs is 1. The Morgan fingerprint density at radius 3 is 2.88 bits per heavy atom. The number of furan rings is 1. The molecule has 2 atom stereocenters. The van der Waals surface area contributed by atoms with Gasteiger partial charge in [0.15, 0.2) is 5.76 Å². The van der Waals surface area contributed by atoms with Gasteiger partial charge in [-0.25, -0.2) is 4.79 Å². The summed E-state index contributed by atoms with van der Waals surface area (Å²) in [7, 11) is 0. The van der Waals surface area contributed by atoms with Crippen LogP contribution in [0.4, 0.5) is 0 Å². The molecule has 1 fully saturated rings. The van der Waals surface area contributed by atoms with E-state index in [9.17, 15) is 19.5 Å². The van der Waals surface area contributed by atoms with Gasteiger partial charge in [0.2, 0.25) is 0 Å². The quantitative estimate of drug-likeness (QED) is 0.495. The zero-order valence-electron chi connectivity index (χ0n) is 17.2. The Morgan fingerprint density at radius 1 is 1.39 bits per heavy atom. The number of hydrogen-bond donors (Lipinski definition) is 2. The van der Waals surface area contributed by atoms with Gasteiger partial charge in [0.05, 0.1) is 5.02 Å². The summed E-state index contributed by atoms with van der Waals surface area (Å²) in [5.74, 6) is -0.898.